The first-order valence-corrected chi connectivity index (χ1v) is 8.17. The van der Waals surface area contributed by atoms with Crippen LogP contribution in [0.3, 0.4) is 0 Å². The van der Waals surface area contributed by atoms with Crippen LogP contribution in [0.15, 0.2) is 36.0 Å². The van der Waals surface area contributed by atoms with Crippen molar-refractivity contribution in [2.45, 2.75) is 27.2 Å². The summed E-state index contributed by atoms with van der Waals surface area (Å²) >= 11 is 0. The van der Waals surface area contributed by atoms with E-state index in [4.69, 9.17) is 4.74 Å². The quantitative estimate of drug-likeness (QED) is 0.842. The number of carbonyl (C=O) groups excluding carboxylic acids is 1. The summed E-state index contributed by atoms with van der Waals surface area (Å²) in [6.07, 6.45) is 2.98. The van der Waals surface area contributed by atoms with Crippen LogP contribution in [0.5, 0.6) is 0 Å². The Morgan fingerprint density at radius 2 is 1.82 bits per heavy atom. The molecule has 4 heteroatoms. The average molecular weight is 302 g/mol. The smallest absolute Gasteiger partial charge is 0.274 e. The first-order valence-electron chi connectivity index (χ1n) is 8.17. The molecule has 4 nitrogen and oxygen atoms in total. The third-order valence-electron chi connectivity index (χ3n) is 3.82. The lowest BCUT2D eigenvalue weighted by Crippen LogP contribution is -2.45. The second-order valence-electron chi connectivity index (χ2n) is 5.27. The Labute approximate surface area is 133 Å². The molecule has 0 atom stereocenters. The van der Waals surface area contributed by atoms with E-state index < -0.39 is 0 Å². The molecule has 2 aliphatic rings. The van der Waals surface area contributed by atoms with Crippen LogP contribution in [0.4, 0.5) is 5.69 Å². The molecular weight excluding hydrogens is 276 g/mol. The molecule has 1 fully saturated rings. The highest BCUT2D eigenvalue weighted by molar-refractivity contribution is 6.06. The highest BCUT2D eigenvalue weighted by atomic mass is 16.5. The maximum absolute atomic E-state index is 12.7. The maximum atomic E-state index is 12.7. The molecule has 0 spiro atoms. The van der Waals surface area contributed by atoms with Crippen LogP contribution in [-0.4, -0.2) is 43.7 Å². The summed E-state index contributed by atoms with van der Waals surface area (Å²) in [5.74, 6) is 0.115. The zero-order valence-electron chi connectivity index (χ0n) is 13.8. The third kappa shape index (κ3) is 3.69. The molecule has 1 aromatic carbocycles. The van der Waals surface area contributed by atoms with E-state index in [0.717, 1.165) is 37.4 Å². The molecule has 22 heavy (non-hydrogen) atoms. The molecule has 3 rings (SSSR count). The summed E-state index contributed by atoms with van der Waals surface area (Å²) in [4.78, 5) is 16.7. The number of carbonyl (C=O) groups is 1. The van der Waals surface area contributed by atoms with Gasteiger partial charge in [-0.1, -0.05) is 32.1 Å². The molecule has 0 aromatic heterocycles. The highest BCUT2D eigenvalue weighted by Crippen LogP contribution is 2.24. The summed E-state index contributed by atoms with van der Waals surface area (Å²) in [6, 6.07) is 8.13. The van der Waals surface area contributed by atoms with E-state index in [-0.39, 0.29) is 5.91 Å². The van der Waals surface area contributed by atoms with Crippen LogP contribution in [-0.2, 0) is 9.53 Å². The van der Waals surface area contributed by atoms with E-state index in [1.165, 1.54) is 5.56 Å². The Bertz CT molecular complexity index is 534. The number of rotatable bonds is 2. The molecule has 0 aliphatic carbocycles. The van der Waals surface area contributed by atoms with E-state index in [9.17, 15) is 4.79 Å². The zero-order chi connectivity index (χ0) is 15.9. The van der Waals surface area contributed by atoms with Crippen molar-refractivity contribution in [1.29, 1.82) is 0 Å². The first-order chi connectivity index (χ1) is 10.8. The van der Waals surface area contributed by atoms with Crippen molar-refractivity contribution in [3.05, 3.63) is 41.6 Å². The van der Waals surface area contributed by atoms with Gasteiger partial charge in [0, 0.05) is 25.3 Å². The Morgan fingerprint density at radius 1 is 1.09 bits per heavy atom. The molecule has 120 valence electrons. The Kier molecular flexibility index (Phi) is 6.01. The number of benzene rings is 1. The normalized spacial score (nSPS) is 18.5. The number of hydrogen-bond donors (Lipinski definition) is 0. The lowest BCUT2D eigenvalue weighted by molar-refractivity contribution is -0.117. The molecule has 1 amide bonds. The Hall–Kier alpha value is -1.81. The number of ether oxygens (including phenoxy) is 1. The fourth-order valence-corrected chi connectivity index (χ4v) is 2.77. The fourth-order valence-electron chi connectivity index (χ4n) is 2.77. The minimum Gasteiger partial charge on any atom is -0.378 e. The van der Waals surface area contributed by atoms with Gasteiger partial charge in [-0.25, -0.2) is 0 Å². The van der Waals surface area contributed by atoms with Crippen molar-refractivity contribution < 1.29 is 9.53 Å². The predicted octanol–water partition coefficient (Wildman–Crippen LogP) is 2.97. The van der Waals surface area contributed by atoms with Crippen LogP contribution in [0, 0.1) is 6.92 Å². The predicted molar refractivity (Wildman–Crippen MR) is 90.0 cm³/mol. The van der Waals surface area contributed by atoms with Crippen molar-refractivity contribution in [3.8, 4) is 0 Å². The monoisotopic (exact) mass is 302 g/mol. The highest BCUT2D eigenvalue weighted by Gasteiger charge is 2.28. The Balaban J connectivity index is 0.000000847. The van der Waals surface area contributed by atoms with Crippen LogP contribution in [0.2, 0.25) is 0 Å². The van der Waals surface area contributed by atoms with Crippen molar-refractivity contribution in [2.24, 2.45) is 0 Å². The van der Waals surface area contributed by atoms with Gasteiger partial charge in [-0.15, -0.1) is 0 Å². The van der Waals surface area contributed by atoms with Crippen molar-refractivity contribution in [3.63, 3.8) is 0 Å². The zero-order valence-corrected chi connectivity index (χ0v) is 13.8. The molecule has 0 saturated carbocycles. The van der Waals surface area contributed by atoms with Crippen LogP contribution < -0.4 is 4.90 Å². The maximum Gasteiger partial charge on any atom is 0.274 e. The molecule has 0 bridgehead atoms. The molecule has 0 radical (unpaired) electrons. The fraction of sp³-hybridized carbons (Fsp3) is 0.500. The number of hydrogen-bond acceptors (Lipinski definition) is 3. The number of aryl methyl sites for hydroxylation is 1. The van der Waals surface area contributed by atoms with Gasteiger partial charge in [-0.3, -0.25) is 4.79 Å². The number of morpholine rings is 1. The molecular formula is C18H26N2O2. The van der Waals surface area contributed by atoms with Gasteiger partial charge in [-0.2, -0.15) is 0 Å². The lowest BCUT2D eigenvalue weighted by atomic mass is 10.1. The number of anilines is 1. The summed E-state index contributed by atoms with van der Waals surface area (Å²) in [5, 5.41) is 0. The topological polar surface area (TPSA) is 32.8 Å². The van der Waals surface area contributed by atoms with Gasteiger partial charge >= 0.3 is 0 Å². The Morgan fingerprint density at radius 3 is 2.50 bits per heavy atom. The number of amides is 1. The SMILES string of the molecule is CC.Cc1cccc(N2CCC=C(N3CCOCC3)C2=O)c1. The van der Waals surface area contributed by atoms with Gasteiger partial charge in [0.1, 0.15) is 0 Å². The van der Waals surface area contributed by atoms with Crippen molar-refractivity contribution in [2.75, 3.05) is 37.7 Å². The molecule has 0 unspecified atom stereocenters. The summed E-state index contributed by atoms with van der Waals surface area (Å²) in [7, 11) is 0. The van der Waals surface area contributed by atoms with Gasteiger partial charge < -0.3 is 14.5 Å². The van der Waals surface area contributed by atoms with Crippen LogP contribution >= 0.6 is 0 Å². The minimum absolute atomic E-state index is 0.115. The standard InChI is InChI=1S/C16H20N2O2.C2H6/c1-13-4-2-5-14(12-13)18-7-3-6-15(16(18)19)17-8-10-20-11-9-17;1-2/h2,4-6,12H,3,7-11H2,1H3;1-2H3. The largest absolute Gasteiger partial charge is 0.378 e. The molecule has 1 aromatic rings. The van der Waals surface area contributed by atoms with E-state index in [2.05, 4.69) is 30.0 Å². The van der Waals surface area contributed by atoms with E-state index in [1.807, 2.05) is 30.9 Å². The molecule has 2 aliphatic heterocycles. The molecule has 0 N–H and O–H groups in total. The second kappa shape index (κ2) is 7.99. The van der Waals surface area contributed by atoms with Gasteiger partial charge in [0.25, 0.3) is 5.91 Å². The van der Waals surface area contributed by atoms with Crippen molar-refractivity contribution in [1.82, 2.24) is 4.90 Å². The minimum atomic E-state index is 0.115. The van der Waals surface area contributed by atoms with E-state index in [0.29, 0.717) is 13.2 Å². The van der Waals surface area contributed by atoms with Gasteiger partial charge in [0.2, 0.25) is 0 Å². The summed E-state index contributed by atoms with van der Waals surface area (Å²) in [5.41, 5.74) is 3.01. The van der Waals surface area contributed by atoms with Crippen molar-refractivity contribution >= 4 is 11.6 Å². The first kappa shape index (κ1) is 16.6. The second-order valence-corrected chi connectivity index (χ2v) is 5.27. The molecule has 1 saturated heterocycles. The van der Waals surface area contributed by atoms with E-state index in [1.54, 1.807) is 0 Å². The molecule has 2 heterocycles. The number of nitrogens with zero attached hydrogens (tertiary/aromatic N) is 2. The average Bonchev–Trinajstić information content (AvgIpc) is 2.58. The van der Waals surface area contributed by atoms with Crippen LogP contribution in [0.1, 0.15) is 25.8 Å². The van der Waals surface area contributed by atoms with Crippen LogP contribution in [0.25, 0.3) is 0 Å². The lowest BCUT2D eigenvalue weighted by Gasteiger charge is -2.35. The third-order valence-corrected chi connectivity index (χ3v) is 3.82. The summed E-state index contributed by atoms with van der Waals surface area (Å²) < 4.78 is 5.36. The van der Waals surface area contributed by atoms with Gasteiger partial charge in [-0.05, 0) is 31.0 Å². The van der Waals surface area contributed by atoms with E-state index >= 15 is 0 Å². The summed E-state index contributed by atoms with van der Waals surface area (Å²) in [6.45, 7) is 9.83. The van der Waals surface area contributed by atoms with Gasteiger partial charge in [0.05, 0.1) is 18.9 Å². The van der Waals surface area contributed by atoms with Gasteiger partial charge in [0.15, 0.2) is 0 Å².